The van der Waals surface area contributed by atoms with E-state index in [-0.39, 0.29) is 11.3 Å². The van der Waals surface area contributed by atoms with Crippen molar-refractivity contribution in [3.63, 3.8) is 0 Å². The molecular formula is C21H16N4O2S3. The van der Waals surface area contributed by atoms with Gasteiger partial charge in [-0.1, -0.05) is 65.6 Å². The van der Waals surface area contributed by atoms with Crippen molar-refractivity contribution >= 4 is 45.7 Å². The molecule has 0 N–H and O–H groups in total. The van der Waals surface area contributed by atoms with Crippen molar-refractivity contribution in [2.24, 2.45) is 0 Å². The molecule has 0 atom stereocenters. The average Bonchev–Trinajstić information content (AvgIpc) is 3.08. The van der Waals surface area contributed by atoms with Crippen LogP contribution in [0.25, 0.3) is 16.0 Å². The monoisotopic (exact) mass is 452 g/mol. The number of thioether (sulfide) groups is 1. The third-order valence-corrected chi connectivity index (χ3v) is 6.67. The van der Waals surface area contributed by atoms with Crippen LogP contribution in [0.15, 0.2) is 64.5 Å². The lowest BCUT2D eigenvalue weighted by Crippen LogP contribution is -2.22. The van der Waals surface area contributed by atoms with Crippen LogP contribution in [0.5, 0.6) is 5.75 Å². The van der Waals surface area contributed by atoms with E-state index in [4.69, 9.17) is 27.2 Å². The number of hydrogen-bond donors (Lipinski definition) is 0. The number of thiazole rings is 1. The number of benzene rings is 2. The van der Waals surface area contributed by atoms with Crippen LogP contribution < -0.4 is 10.3 Å². The van der Waals surface area contributed by atoms with Gasteiger partial charge in [0.15, 0.2) is 14.8 Å². The first kappa shape index (κ1) is 20.3. The molecule has 0 radical (unpaired) electrons. The van der Waals surface area contributed by atoms with E-state index >= 15 is 0 Å². The van der Waals surface area contributed by atoms with Gasteiger partial charge < -0.3 is 9.30 Å². The Hall–Kier alpha value is -2.93. The fourth-order valence-corrected chi connectivity index (χ4v) is 5.02. The fraction of sp³-hybridized carbons (Fsp3) is 0.143. The van der Waals surface area contributed by atoms with E-state index in [2.05, 4.69) is 6.07 Å². The maximum atomic E-state index is 13.5. The summed E-state index contributed by atoms with van der Waals surface area (Å²) in [4.78, 5) is 18.3. The standard InChI is InChI=1S/C21H16N4O2S3/c1-27-16-10-6-5-9-15(16)25-19(26)17-18(23-20(25)29-12-11-22)24(21(28)30-17)13-14-7-3-2-4-8-14/h2-10H,12-13H2,1H3. The van der Waals surface area contributed by atoms with Gasteiger partial charge in [-0.3, -0.25) is 9.36 Å². The number of nitriles is 1. The largest absolute Gasteiger partial charge is 0.495 e. The van der Waals surface area contributed by atoms with Crippen LogP contribution in [-0.2, 0) is 6.54 Å². The highest BCUT2D eigenvalue weighted by Crippen LogP contribution is 2.29. The molecule has 2 aromatic heterocycles. The predicted octanol–water partition coefficient (Wildman–Crippen LogP) is 4.65. The van der Waals surface area contributed by atoms with Crippen LogP contribution in [0, 0.1) is 15.3 Å². The second kappa shape index (κ2) is 8.83. The molecule has 0 spiro atoms. The van der Waals surface area contributed by atoms with Crippen molar-refractivity contribution in [3.8, 4) is 17.5 Å². The van der Waals surface area contributed by atoms with E-state index in [1.54, 1.807) is 19.2 Å². The average molecular weight is 453 g/mol. The summed E-state index contributed by atoms with van der Waals surface area (Å²) in [5.74, 6) is 0.711. The van der Waals surface area contributed by atoms with Gasteiger partial charge in [0.05, 0.1) is 31.2 Å². The van der Waals surface area contributed by atoms with Gasteiger partial charge in [-0.2, -0.15) is 5.26 Å². The molecule has 0 aliphatic rings. The Bertz CT molecular complexity index is 1370. The molecule has 2 heterocycles. The van der Waals surface area contributed by atoms with Crippen LogP contribution in [0.4, 0.5) is 0 Å². The van der Waals surface area contributed by atoms with E-state index in [1.165, 1.54) is 27.7 Å². The molecule has 4 aromatic rings. The number of rotatable bonds is 6. The first-order valence-electron chi connectivity index (χ1n) is 8.97. The molecule has 2 aromatic carbocycles. The summed E-state index contributed by atoms with van der Waals surface area (Å²) >= 11 is 8.01. The summed E-state index contributed by atoms with van der Waals surface area (Å²) in [7, 11) is 1.55. The Morgan fingerprint density at radius 2 is 1.93 bits per heavy atom. The number of aromatic nitrogens is 3. The lowest BCUT2D eigenvalue weighted by molar-refractivity contribution is 0.411. The molecular weight excluding hydrogens is 436 g/mol. The molecule has 6 nitrogen and oxygen atoms in total. The SMILES string of the molecule is COc1ccccc1-n1c(SCC#N)nc2c(sc(=S)n2Cc2ccccc2)c1=O. The fourth-order valence-electron chi connectivity index (χ4n) is 3.10. The number of ether oxygens (including phenoxy) is 1. The predicted molar refractivity (Wildman–Crippen MR) is 122 cm³/mol. The van der Waals surface area contributed by atoms with Gasteiger partial charge in [-0.05, 0) is 29.9 Å². The molecule has 0 aliphatic carbocycles. The molecule has 4 rings (SSSR count). The molecule has 0 saturated carbocycles. The molecule has 0 unspecified atom stereocenters. The number of hydrogen-bond acceptors (Lipinski definition) is 7. The van der Waals surface area contributed by atoms with Crippen molar-refractivity contribution in [2.75, 3.05) is 12.9 Å². The molecule has 9 heteroatoms. The van der Waals surface area contributed by atoms with Crippen LogP contribution in [0.2, 0.25) is 0 Å². The zero-order chi connectivity index (χ0) is 21.1. The number of para-hydroxylation sites is 2. The minimum absolute atomic E-state index is 0.163. The summed E-state index contributed by atoms with van der Waals surface area (Å²) in [6, 6.07) is 19.2. The lowest BCUT2D eigenvalue weighted by atomic mass is 10.2. The Labute approximate surface area is 186 Å². The zero-order valence-electron chi connectivity index (χ0n) is 15.9. The number of fused-ring (bicyclic) bond motifs is 1. The van der Waals surface area contributed by atoms with E-state index in [9.17, 15) is 4.79 Å². The van der Waals surface area contributed by atoms with Gasteiger partial charge in [0.25, 0.3) is 5.56 Å². The van der Waals surface area contributed by atoms with Gasteiger partial charge in [0.2, 0.25) is 0 Å². The highest BCUT2D eigenvalue weighted by Gasteiger charge is 2.20. The van der Waals surface area contributed by atoms with Crippen LogP contribution in [0.1, 0.15) is 5.56 Å². The van der Waals surface area contributed by atoms with E-state index in [1.807, 2.05) is 47.0 Å². The van der Waals surface area contributed by atoms with E-state index in [0.29, 0.717) is 37.4 Å². The van der Waals surface area contributed by atoms with Crippen LogP contribution in [0.3, 0.4) is 0 Å². The van der Waals surface area contributed by atoms with Crippen molar-refractivity contribution in [2.45, 2.75) is 11.7 Å². The second-order valence-electron chi connectivity index (χ2n) is 6.25. The molecule has 0 bridgehead atoms. The van der Waals surface area contributed by atoms with Crippen LogP contribution in [-0.4, -0.2) is 27.0 Å². The molecule has 30 heavy (non-hydrogen) atoms. The van der Waals surface area contributed by atoms with Gasteiger partial charge in [-0.25, -0.2) is 4.98 Å². The Morgan fingerprint density at radius 3 is 2.67 bits per heavy atom. The third kappa shape index (κ3) is 3.77. The highest BCUT2D eigenvalue weighted by molar-refractivity contribution is 7.99. The summed E-state index contributed by atoms with van der Waals surface area (Å²) in [6.07, 6.45) is 0. The topological polar surface area (TPSA) is 72.8 Å². The van der Waals surface area contributed by atoms with Crippen molar-refractivity contribution in [3.05, 3.63) is 74.5 Å². The van der Waals surface area contributed by atoms with Crippen molar-refractivity contribution < 1.29 is 4.74 Å². The number of nitrogens with zero attached hydrogens (tertiary/aromatic N) is 4. The summed E-state index contributed by atoms with van der Waals surface area (Å²) in [5, 5.41) is 9.52. The summed E-state index contributed by atoms with van der Waals surface area (Å²) in [5.41, 5.74) is 1.95. The lowest BCUT2D eigenvalue weighted by Gasteiger charge is -2.14. The van der Waals surface area contributed by atoms with E-state index in [0.717, 1.165) is 5.56 Å². The minimum atomic E-state index is -0.229. The Morgan fingerprint density at radius 1 is 1.20 bits per heavy atom. The van der Waals surface area contributed by atoms with Gasteiger partial charge in [0, 0.05) is 0 Å². The van der Waals surface area contributed by atoms with Crippen LogP contribution >= 0.6 is 35.3 Å². The molecule has 150 valence electrons. The number of methoxy groups -OCH3 is 1. The molecule has 0 aliphatic heterocycles. The van der Waals surface area contributed by atoms with Gasteiger partial charge in [-0.15, -0.1) is 0 Å². The Balaban J connectivity index is 1.98. The van der Waals surface area contributed by atoms with Gasteiger partial charge in [0.1, 0.15) is 10.4 Å². The Kier molecular flexibility index (Phi) is 5.99. The van der Waals surface area contributed by atoms with Crippen molar-refractivity contribution in [1.82, 2.24) is 14.1 Å². The van der Waals surface area contributed by atoms with E-state index < -0.39 is 0 Å². The first-order chi connectivity index (χ1) is 14.6. The smallest absolute Gasteiger partial charge is 0.278 e. The molecule has 0 amide bonds. The first-order valence-corrected chi connectivity index (χ1v) is 11.2. The van der Waals surface area contributed by atoms with Crippen molar-refractivity contribution in [1.29, 1.82) is 5.26 Å². The zero-order valence-corrected chi connectivity index (χ0v) is 18.4. The van der Waals surface area contributed by atoms with Gasteiger partial charge >= 0.3 is 0 Å². The maximum Gasteiger partial charge on any atom is 0.278 e. The minimum Gasteiger partial charge on any atom is -0.495 e. The summed E-state index contributed by atoms with van der Waals surface area (Å²) < 4.78 is 9.87. The second-order valence-corrected chi connectivity index (χ2v) is 8.83. The maximum absolute atomic E-state index is 13.5. The summed E-state index contributed by atoms with van der Waals surface area (Å²) in [6.45, 7) is 0.521. The quantitative estimate of drug-likeness (QED) is 0.241. The molecule has 0 fully saturated rings. The normalized spacial score (nSPS) is 10.8. The highest BCUT2D eigenvalue weighted by atomic mass is 32.2. The molecule has 0 saturated heterocycles. The third-order valence-electron chi connectivity index (χ3n) is 4.43.